The highest BCUT2D eigenvalue weighted by atomic mass is 16.5. The number of rotatable bonds is 6. The highest BCUT2D eigenvalue weighted by molar-refractivity contribution is 5.35. The Morgan fingerprint density at radius 3 is 2.41 bits per heavy atom. The maximum atomic E-state index is 5.66. The van der Waals surface area contributed by atoms with Gasteiger partial charge in [0.2, 0.25) is 0 Å². The van der Waals surface area contributed by atoms with Gasteiger partial charge in [-0.3, -0.25) is 4.90 Å². The minimum absolute atomic E-state index is 0.257. The van der Waals surface area contributed by atoms with E-state index in [4.69, 9.17) is 4.74 Å². The van der Waals surface area contributed by atoms with Crippen LogP contribution in [0.15, 0.2) is 66.9 Å². The van der Waals surface area contributed by atoms with Crippen molar-refractivity contribution in [2.24, 2.45) is 0 Å². The van der Waals surface area contributed by atoms with E-state index in [0.717, 1.165) is 25.4 Å². The average molecular weight is 389 g/mol. The van der Waals surface area contributed by atoms with Gasteiger partial charge in [0, 0.05) is 31.5 Å². The lowest BCUT2D eigenvalue weighted by Gasteiger charge is -2.31. The van der Waals surface area contributed by atoms with E-state index in [0.29, 0.717) is 12.5 Å². The van der Waals surface area contributed by atoms with Gasteiger partial charge in [-0.2, -0.15) is 0 Å². The third-order valence-corrected chi connectivity index (χ3v) is 5.89. The van der Waals surface area contributed by atoms with Gasteiger partial charge in [-0.05, 0) is 60.2 Å². The zero-order valence-electron chi connectivity index (χ0n) is 17.8. The standard InChI is InChI=1S/C26H32N2O/c1-4-29-24-14-12-23(13-15-24)26-25-7-5-16-27(25)17-6-18-28(26)19-21-8-10-22(11-9-21)20(2)3/h5,7-16,20,26H,4,6,17-19H2,1-3H3. The summed E-state index contributed by atoms with van der Waals surface area (Å²) in [6.45, 7) is 10.4. The molecule has 2 heterocycles. The van der Waals surface area contributed by atoms with Gasteiger partial charge in [-0.25, -0.2) is 0 Å². The Labute approximate surface area is 174 Å². The molecule has 1 unspecified atom stereocenters. The molecule has 1 aliphatic rings. The molecule has 1 atom stereocenters. The summed E-state index contributed by atoms with van der Waals surface area (Å²) in [5.41, 5.74) is 5.49. The Balaban J connectivity index is 1.65. The lowest BCUT2D eigenvalue weighted by atomic mass is 9.99. The molecule has 1 aliphatic heterocycles. The molecule has 0 saturated heterocycles. The first kappa shape index (κ1) is 19.8. The van der Waals surface area contributed by atoms with Crippen LogP contribution < -0.4 is 4.74 Å². The largest absolute Gasteiger partial charge is 0.494 e. The van der Waals surface area contributed by atoms with Crippen LogP contribution in [0.4, 0.5) is 0 Å². The molecule has 29 heavy (non-hydrogen) atoms. The SMILES string of the molecule is CCOc1ccc(C2c3cccn3CCCN2Cc2ccc(C(C)C)cc2)cc1. The van der Waals surface area contributed by atoms with E-state index in [-0.39, 0.29) is 6.04 Å². The first-order valence-electron chi connectivity index (χ1n) is 10.9. The Hall–Kier alpha value is -2.52. The van der Waals surface area contributed by atoms with Crippen LogP contribution in [0.2, 0.25) is 0 Å². The number of hydrogen-bond donors (Lipinski definition) is 0. The topological polar surface area (TPSA) is 17.4 Å². The molecular formula is C26H32N2O. The van der Waals surface area contributed by atoms with Gasteiger partial charge in [0.1, 0.15) is 5.75 Å². The summed E-state index contributed by atoms with van der Waals surface area (Å²) in [5, 5.41) is 0. The van der Waals surface area contributed by atoms with Crippen LogP contribution in [0.3, 0.4) is 0 Å². The van der Waals surface area contributed by atoms with Gasteiger partial charge >= 0.3 is 0 Å². The molecule has 3 nitrogen and oxygen atoms in total. The summed E-state index contributed by atoms with van der Waals surface area (Å²) in [6, 6.07) is 22.5. The van der Waals surface area contributed by atoms with E-state index < -0.39 is 0 Å². The lowest BCUT2D eigenvalue weighted by Crippen LogP contribution is -2.29. The Kier molecular flexibility index (Phi) is 6.05. The summed E-state index contributed by atoms with van der Waals surface area (Å²) in [7, 11) is 0. The van der Waals surface area contributed by atoms with Crippen LogP contribution in [0.5, 0.6) is 5.75 Å². The second-order valence-corrected chi connectivity index (χ2v) is 8.25. The van der Waals surface area contributed by atoms with E-state index in [9.17, 15) is 0 Å². The third-order valence-electron chi connectivity index (χ3n) is 5.89. The molecule has 3 aromatic rings. The fourth-order valence-electron chi connectivity index (χ4n) is 4.35. The monoisotopic (exact) mass is 388 g/mol. The van der Waals surface area contributed by atoms with Crippen molar-refractivity contribution >= 4 is 0 Å². The van der Waals surface area contributed by atoms with Crippen LogP contribution in [-0.4, -0.2) is 22.6 Å². The number of benzene rings is 2. The minimum atomic E-state index is 0.257. The zero-order chi connectivity index (χ0) is 20.2. The number of nitrogens with zero attached hydrogens (tertiary/aromatic N) is 2. The Morgan fingerprint density at radius 2 is 1.72 bits per heavy atom. The molecule has 0 fully saturated rings. The molecule has 0 bridgehead atoms. The molecule has 0 saturated carbocycles. The Morgan fingerprint density at radius 1 is 0.966 bits per heavy atom. The summed E-state index contributed by atoms with van der Waals surface area (Å²) in [4.78, 5) is 2.62. The quantitative estimate of drug-likeness (QED) is 0.515. The van der Waals surface area contributed by atoms with Crippen molar-refractivity contribution in [3.63, 3.8) is 0 Å². The van der Waals surface area contributed by atoms with Gasteiger partial charge in [0.25, 0.3) is 0 Å². The van der Waals surface area contributed by atoms with Gasteiger partial charge in [0.15, 0.2) is 0 Å². The fraction of sp³-hybridized carbons (Fsp3) is 0.385. The van der Waals surface area contributed by atoms with Gasteiger partial charge in [-0.15, -0.1) is 0 Å². The highest BCUT2D eigenvalue weighted by Crippen LogP contribution is 2.34. The van der Waals surface area contributed by atoms with Crippen molar-refractivity contribution in [3.8, 4) is 5.75 Å². The number of aromatic nitrogens is 1. The predicted molar refractivity (Wildman–Crippen MR) is 119 cm³/mol. The molecule has 4 rings (SSSR count). The number of aryl methyl sites for hydroxylation is 1. The number of fused-ring (bicyclic) bond motifs is 1. The van der Waals surface area contributed by atoms with Crippen LogP contribution in [0.1, 0.15) is 61.5 Å². The van der Waals surface area contributed by atoms with E-state index in [2.05, 4.69) is 90.2 Å². The van der Waals surface area contributed by atoms with E-state index in [1.807, 2.05) is 6.92 Å². The summed E-state index contributed by atoms with van der Waals surface area (Å²) < 4.78 is 8.08. The van der Waals surface area contributed by atoms with Crippen molar-refractivity contribution in [1.29, 1.82) is 0 Å². The van der Waals surface area contributed by atoms with Crippen LogP contribution in [0, 0.1) is 0 Å². The van der Waals surface area contributed by atoms with Crippen LogP contribution in [-0.2, 0) is 13.1 Å². The summed E-state index contributed by atoms with van der Waals surface area (Å²) >= 11 is 0. The van der Waals surface area contributed by atoms with Crippen LogP contribution in [0.25, 0.3) is 0 Å². The molecule has 0 amide bonds. The van der Waals surface area contributed by atoms with Crippen molar-refractivity contribution in [2.75, 3.05) is 13.2 Å². The minimum Gasteiger partial charge on any atom is -0.494 e. The number of hydrogen-bond acceptors (Lipinski definition) is 2. The maximum absolute atomic E-state index is 5.66. The first-order valence-corrected chi connectivity index (χ1v) is 10.9. The molecular weight excluding hydrogens is 356 g/mol. The fourth-order valence-corrected chi connectivity index (χ4v) is 4.35. The zero-order valence-corrected chi connectivity index (χ0v) is 17.8. The highest BCUT2D eigenvalue weighted by Gasteiger charge is 2.27. The van der Waals surface area contributed by atoms with Gasteiger partial charge in [0.05, 0.1) is 12.6 Å². The third kappa shape index (κ3) is 4.40. The average Bonchev–Trinajstić information content (AvgIpc) is 3.11. The van der Waals surface area contributed by atoms with Crippen molar-refractivity contribution < 1.29 is 4.74 Å². The van der Waals surface area contributed by atoms with Crippen molar-refractivity contribution in [3.05, 3.63) is 89.2 Å². The molecule has 1 aromatic heterocycles. The van der Waals surface area contributed by atoms with Crippen LogP contribution >= 0.6 is 0 Å². The van der Waals surface area contributed by atoms with E-state index in [1.54, 1.807) is 0 Å². The van der Waals surface area contributed by atoms with Crippen molar-refractivity contribution in [2.45, 2.75) is 52.2 Å². The van der Waals surface area contributed by atoms with E-state index in [1.165, 1.54) is 28.8 Å². The maximum Gasteiger partial charge on any atom is 0.119 e. The number of ether oxygens (including phenoxy) is 1. The van der Waals surface area contributed by atoms with Crippen molar-refractivity contribution in [1.82, 2.24) is 9.47 Å². The van der Waals surface area contributed by atoms with Gasteiger partial charge < -0.3 is 9.30 Å². The summed E-state index contributed by atoms with van der Waals surface area (Å²) in [6.07, 6.45) is 3.39. The van der Waals surface area contributed by atoms with Gasteiger partial charge in [-0.1, -0.05) is 50.2 Å². The molecule has 0 radical (unpaired) electrons. The second-order valence-electron chi connectivity index (χ2n) is 8.25. The molecule has 0 N–H and O–H groups in total. The van der Waals surface area contributed by atoms with E-state index >= 15 is 0 Å². The smallest absolute Gasteiger partial charge is 0.119 e. The molecule has 2 aromatic carbocycles. The predicted octanol–water partition coefficient (Wildman–Crippen LogP) is 6.01. The summed E-state index contributed by atoms with van der Waals surface area (Å²) in [5.74, 6) is 1.51. The normalized spacial score (nSPS) is 17.2. The molecule has 3 heteroatoms. The molecule has 0 spiro atoms. The first-order chi connectivity index (χ1) is 14.2. The molecule has 152 valence electrons. The molecule has 0 aliphatic carbocycles. The second kappa shape index (κ2) is 8.87. The Bertz CT molecular complexity index is 909. The lowest BCUT2D eigenvalue weighted by molar-refractivity contribution is 0.220.